The smallest absolute Gasteiger partial charge is 0.142 e. The minimum Gasteiger partial charge on any atom is -0.310 e. The average Bonchev–Trinajstić information content (AvgIpc) is 2.78. The first kappa shape index (κ1) is 14.4. The van der Waals surface area contributed by atoms with Gasteiger partial charge in [0.15, 0.2) is 0 Å². The predicted octanol–water partition coefficient (Wildman–Crippen LogP) is 4.14. The third kappa shape index (κ3) is 4.00. The molecule has 0 bridgehead atoms. The Kier molecular flexibility index (Phi) is 4.91. The lowest BCUT2D eigenvalue weighted by Crippen LogP contribution is -2.21. The summed E-state index contributed by atoms with van der Waals surface area (Å²) < 4.78 is 13.4. The maximum atomic E-state index is 13.4. The van der Waals surface area contributed by atoms with Crippen molar-refractivity contribution in [2.24, 2.45) is 0 Å². The average molecular weight is 299 g/mol. The van der Waals surface area contributed by atoms with Crippen molar-refractivity contribution in [2.75, 3.05) is 6.54 Å². The first-order valence-corrected chi connectivity index (χ1v) is 7.41. The summed E-state index contributed by atoms with van der Waals surface area (Å²) in [5.41, 5.74) is 2.00. The quantitative estimate of drug-likeness (QED) is 0.897. The largest absolute Gasteiger partial charge is 0.310 e. The van der Waals surface area contributed by atoms with Gasteiger partial charge in [0, 0.05) is 24.4 Å². The summed E-state index contributed by atoms with van der Waals surface area (Å²) in [5, 5.41) is 6.68. The number of nitrogens with one attached hydrogen (secondary N) is 1. The molecule has 2 aromatic rings. The summed E-state index contributed by atoms with van der Waals surface area (Å²) in [4.78, 5) is 4.41. The molecule has 0 saturated carbocycles. The van der Waals surface area contributed by atoms with Gasteiger partial charge in [0.2, 0.25) is 0 Å². The molecular weight excluding hydrogens is 283 g/mol. The van der Waals surface area contributed by atoms with Crippen LogP contribution in [-0.4, -0.2) is 11.5 Å². The third-order valence-electron chi connectivity index (χ3n) is 2.94. The highest BCUT2D eigenvalue weighted by molar-refractivity contribution is 7.09. The number of rotatable bonds is 5. The standard InChI is InChI=1S/C14H16ClFN2S/c1-9(11-3-4-13(15)14(16)7-11)17-6-5-12-8-19-10(2)18-12/h3-4,7-9,17H,5-6H2,1-2H3. The molecule has 0 spiro atoms. The van der Waals surface area contributed by atoms with Gasteiger partial charge in [-0.2, -0.15) is 0 Å². The van der Waals surface area contributed by atoms with Crippen LogP contribution in [0.2, 0.25) is 5.02 Å². The minimum atomic E-state index is -0.372. The topological polar surface area (TPSA) is 24.9 Å². The Bertz CT molecular complexity index is 556. The maximum absolute atomic E-state index is 13.4. The van der Waals surface area contributed by atoms with Gasteiger partial charge in [0.1, 0.15) is 5.82 Å². The second-order valence-electron chi connectivity index (χ2n) is 4.46. The molecule has 1 aromatic heterocycles. The van der Waals surface area contributed by atoms with Gasteiger partial charge < -0.3 is 5.32 Å². The van der Waals surface area contributed by atoms with E-state index < -0.39 is 0 Å². The Hall–Kier alpha value is -0.970. The molecule has 1 heterocycles. The van der Waals surface area contributed by atoms with E-state index in [2.05, 4.69) is 15.7 Å². The SMILES string of the molecule is Cc1nc(CCNC(C)c2ccc(Cl)c(F)c2)cs1. The highest BCUT2D eigenvalue weighted by Crippen LogP contribution is 2.20. The van der Waals surface area contributed by atoms with Crippen molar-refractivity contribution in [3.8, 4) is 0 Å². The van der Waals surface area contributed by atoms with E-state index >= 15 is 0 Å². The lowest BCUT2D eigenvalue weighted by molar-refractivity contribution is 0.565. The molecule has 1 aromatic carbocycles. The zero-order chi connectivity index (χ0) is 13.8. The van der Waals surface area contributed by atoms with Gasteiger partial charge in [-0.1, -0.05) is 17.7 Å². The molecular formula is C14H16ClFN2S. The fourth-order valence-corrected chi connectivity index (χ4v) is 2.60. The van der Waals surface area contributed by atoms with Crippen molar-refractivity contribution in [1.82, 2.24) is 10.3 Å². The van der Waals surface area contributed by atoms with Gasteiger partial charge in [-0.25, -0.2) is 9.37 Å². The molecule has 1 unspecified atom stereocenters. The molecule has 0 amide bonds. The fraction of sp³-hybridized carbons (Fsp3) is 0.357. The van der Waals surface area contributed by atoms with Gasteiger partial charge in [-0.15, -0.1) is 11.3 Å². The third-order valence-corrected chi connectivity index (χ3v) is 4.07. The summed E-state index contributed by atoms with van der Waals surface area (Å²) in [5.74, 6) is -0.372. The van der Waals surface area contributed by atoms with Crippen molar-refractivity contribution < 1.29 is 4.39 Å². The Balaban J connectivity index is 1.86. The maximum Gasteiger partial charge on any atom is 0.142 e. The zero-order valence-corrected chi connectivity index (χ0v) is 12.5. The summed E-state index contributed by atoms with van der Waals surface area (Å²) in [6.07, 6.45) is 0.880. The van der Waals surface area contributed by atoms with Crippen molar-refractivity contribution >= 4 is 22.9 Å². The monoisotopic (exact) mass is 298 g/mol. The molecule has 0 aliphatic heterocycles. The Labute approximate surface area is 121 Å². The first-order chi connectivity index (χ1) is 9.06. The molecule has 5 heteroatoms. The van der Waals surface area contributed by atoms with E-state index in [1.165, 1.54) is 6.07 Å². The van der Waals surface area contributed by atoms with Gasteiger partial charge in [0.25, 0.3) is 0 Å². The molecule has 1 atom stereocenters. The fourth-order valence-electron chi connectivity index (χ4n) is 1.84. The molecule has 0 fully saturated rings. The number of halogens is 2. The lowest BCUT2D eigenvalue weighted by atomic mass is 10.1. The van der Waals surface area contributed by atoms with Gasteiger partial charge in [0.05, 0.1) is 15.7 Å². The minimum absolute atomic E-state index is 0.0894. The van der Waals surface area contributed by atoms with Crippen LogP contribution in [-0.2, 0) is 6.42 Å². The highest BCUT2D eigenvalue weighted by Gasteiger charge is 2.08. The number of benzene rings is 1. The highest BCUT2D eigenvalue weighted by atomic mass is 35.5. The van der Waals surface area contributed by atoms with Crippen LogP contribution >= 0.6 is 22.9 Å². The van der Waals surface area contributed by atoms with Crippen LogP contribution in [0.4, 0.5) is 4.39 Å². The van der Waals surface area contributed by atoms with Crippen LogP contribution in [0, 0.1) is 12.7 Å². The lowest BCUT2D eigenvalue weighted by Gasteiger charge is -2.14. The van der Waals surface area contributed by atoms with E-state index in [4.69, 9.17) is 11.6 Å². The molecule has 2 nitrogen and oxygen atoms in total. The van der Waals surface area contributed by atoms with E-state index in [9.17, 15) is 4.39 Å². The van der Waals surface area contributed by atoms with Crippen LogP contribution < -0.4 is 5.32 Å². The Morgan fingerprint density at radius 1 is 1.47 bits per heavy atom. The Morgan fingerprint density at radius 2 is 2.26 bits per heavy atom. The second-order valence-corrected chi connectivity index (χ2v) is 5.93. The first-order valence-electron chi connectivity index (χ1n) is 6.15. The van der Waals surface area contributed by atoms with Crippen molar-refractivity contribution in [3.63, 3.8) is 0 Å². The van der Waals surface area contributed by atoms with Crippen LogP contribution in [0.3, 0.4) is 0 Å². The number of nitrogens with zero attached hydrogens (tertiary/aromatic N) is 1. The molecule has 0 aliphatic carbocycles. The number of thiazole rings is 1. The molecule has 0 aliphatic rings. The summed E-state index contributed by atoms with van der Waals surface area (Å²) in [6, 6.07) is 5.00. The second kappa shape index (κ2) is 6.46. The van der Waals surface area contributed by atoms with Gasteiger partial charge in [-0.05, 0) is 31.5 Å². The van der Waals surface area contributed by atoms with E-state index in [0.717, 1.165) is 29.2 Å². The van der Waals surface area contributed by atoms with Crippen LogP contribution in [0.25, 0.3) is 0 Å². The number of hydrogen-bond donors (Lipinski definition) is 1. The normalized spacial score (nSPS) is 12.6. The van der Waals surface area contributed by atoms with Gasteiger partial charge in [-0.3, -0.25) is 0 Å². The molecule has 102 valence electrons. The van der Waals surface area contributed by atoms with E-state index in [1.54, 1.807) is 17.4 Å². The predicted molar refractivity (Wildman–Crippen MR) is 78.4 cm³/mol. The molecule has 19 heavy (non-hydrogen) atoms. The summed E-state index contributed by atoms with van der Waals surface area (Å²) >= 11 is 7.33. The van der Waals surface area contributed by atoms with Gasteiger partial charge >= 0.3 is 0 Å². The Morgan fingerprint density at radius 3 is 2.89 bits per heavy atom. The molecule has 0 radical (unpaired) electrons. The van der Waals surface area contributed by atoms with Crippen LogP contribution in [0.15, 0.2) is 23.6 Å². The summed E-state index contributed by atoms with van der Waals surface area (Å²) in [6.45, 7) is 4.82. The van der Waals surface area contributed by atoms with E-state index in [1.807, 2.05) is 19.9 Å². The number of aryl methyl sites for hydroxylation is 1. The number of hydrogen-bond acceptors (Lipinski definition) is 3. The summed E-state index contributed by atoms with van der Waals surface area (Å²) in [7, 11) is 0. The van der Waals surface area contributed by atoms with Crippen molar-refractivity contribution in [1.29, 1.82) is 0 Å². The zero-order valence-electron chi connectivity index (χ0n) is 10.9. The van der Waals surface area contributed by atoms with E-state index in [0.29, 0.717) is 0 Å². The number of aromatic nitrogens is 1. The molecule has 1 N–H and O–H groups in total. The van der Waals surface area contributed by atoms with Crippen molar-refractivity contribution in [3.05, 3.63) is 50.7 Å². The van der Waals surface area contributed by atoms with Crippen LogP contribution in [0.5, 0.6) is 0 Å². The van der Waals surface area contributed by atoms with Crippen molar-refractivity contribution in [2.45, 2.75) is 26.3 Å². The molecule has 2 rings (SSSR count). The van der Waals surface area contributed by atoms with E-state index in [-0.39, 0.29) is 16.9 Å². The molecule has 0 saturated heterocycles. The van der Waals surface area contributed by atoms with Crippen LogP contribution in [0.1, 0.15) is 29.2 Å².